The number of rotatable bonds is 6. The molecule has 1 aliphatic carbocycles. The minimum absolute atomic E-state index is 0.154. The van der Waals surface area contributed by atoms with E-state index in [1.807, 2.05) is 13.0 Å². The highest BCUT2D eigenvalue weighted by molar-refractivity contribution is 5.80. The Balaban J connectivity index is 1.40. The van der Waals surface area contributed by atoms with E-state index in [-0.39, 0.29) is 12.5 Å². The van der Waals surface area contributed by atoms with Crippen LogP contribution in [0.5, 0.6) is 0 Å². The largest absolute Gasteiger partial charge is 0.465 e. The lowest BCUT2D eigenvalue weighted by atomic mass is 9.74. The number of benzene rings is 1. The lowest BCUT2D eigenvalue weighted by molar-refractivity contribution is -0.140. The first kappa shape index (κ1) is 25.6. The van der Waals surface area contributed by atoms with E-state index in [4.69, 9.17) is 9.72 Å². The molecule has 1 saturated carbocycles. The number of piperidine rings is 2. The monoisotopic (exact) mass is 494 g/mol. The van der Waals surface area contributed by atoms with Gasteiger partial charge in [0.05, 0.1) is 17.6 Å². The predicted octanol–water partition coefficient (Wildman–Crippen LogP) is 6.71. The van der Waals surface area contributed by atoms with Crippen molar-refractivity contribution in [2.75, 3.05) is 18.5 Å². The van der Waals surface area contributed by atoms with Gasteiger partial charge in [-0.25, -0.2) is 4.98 Å². The number of para-hydroxylation sites is 2. The normalized spacial score (nSPS) is 28.6. The molecular weight excluding hydrogens is 448 g/mol. The summed E-state index contributed by atoms with van der Waals surface area (Å²) in [7, 11) is 0. The first-order valence-corrected chi connectivity index (χ1v) is 14.8. The SMILES string of the molecule is CCOC(=O)CNc1nc2ccccc2n1C1CC2CCC(C)C(C1)N2C1CCCCCCCCC1. The molecule has 1 aromatic heterocycles. The number of imidazole rings is 1. The van der Waals surface area contributed by atoms with Gasteiger partial charge in [-0.05, 0) is 63.5 Å². The first-order valence-electron chi connectivity index (χ1n) is 14.8. The fourth-order valence-electron chi connectivity index (χ4n) is 7.41. The molecule has 36 heavy (non-hydrogen) atoms. The number of ether oxygens (including phenoxy) is 1. The van der Waals surface area contributed by atoms with Crippen molar-refractivity contribution in [3.05, 3.63) is 24.3 Å². The average Bonchev–Trinajstić information content (AvgIpc) is 3.26. The lowest BCUT2D eigenvalue weighted by Crippen LogP contribution is -2.59. The summed E-state index contributed by atoms with van der Waals surface area (Å²) in [5.41, 5.74) is 2.17. The Morgan fingerprint density at radius 3 is 2.42 bits per heavy atom. The molecule has 4 unspecified atom stereocenters. The van der Waals surface area contributed by atoms with Crippen molar-refractivity contribution < 1.29 is 9.53 Å². The molecule has 2 saturated heterocycles. The van der Waals surface area contributed by atoms with Crippen LogP contribution in [-0.4, -0.2) is 51.7 Å². The fourth-order valence-corrected chi connectivity index (χ4v) is 7.41. The van der Waals surface area contributed by atoms with Crippen molar-refractivity contribution in [2.45, 2.75) is 121 Å². The molecule has 0 radical (unpaired) electrons. The number of hydrogen-bond acceptors (Lipinski definition) is 5. The zero-order chi connectivity index (χ0) is 24.9. The van der Waals surface area contributed by atoms with Crippen LogP contribution in [0.15, 0.2) is 24.3 Å². The van der Waals surface area contributed by atoms with Crippen LogP contribution in [-0.2, 0) is 9.53 Å². The lowest BCUT2D eigenvalue weighted by Gasteiger charge is -2.55. The third-order valence-corrected chi connectivity index (χ3v) is 9.13. The third kappa shape index (κ3) is 5.58. The molecule has 3 aliphatic rings. The van der Waals surface area contributed by atoms with Crippen molar-refractivity contribution in [1.82, 2.24) is 14.5 Å². The highest BCUT2D eigenvalue weighted by atomic mass is 16.5. The van der Waals surface area contributed by atoms with Gasteiger partial charge in [0.15, 0.2) is 0 Å². The summed E-state index contributed by atoms with van der Waals surface area (Å²) in [6, 6.07) is 10.9. The van der Waals surface area contributed by atoms with Gasteiger partial charge in [-0.2, -0.15) is 0 Å². The maximum Gasteiger partial charge on any atom is 0.325 e. The topological polar surface area (TPSA) is 59.4 Å². The van der Waals surface area contributed by atoms with Gasteiger partial charge < -0.3 is 14.6 Å². The van der Waals surface area contributed by atoms with E-state index in [1.54, 1.807) is 0 Å². The van der Waals surface area contributed by atoms with Crippen molar-refractivity contribution >= 4 is 23.0 Å². The van der Waals surface area contributed by atoms with Crippen molar-refractivity contribution in [3.63, 3.8) is 0 Å². The van der Waals surface area contributed by atoms with E-state index in [1.165, 1.54) is 89.0 Å². The summed E-state index contributed by atoms with van der Waals surface area (Å²) in [5, 5.41) is 3.33. The minimum Gasteiger partial charge on any atom is -0.465 e. The number of carbonyl (C=O) groups is 1. The second kappa shape index (κ2) is 12.0. The molecule has 5 rings (SSSR count). The maximum absolute atomic E-state index is 12.1. The maximum atomic E-state index is 12.1. The molecule has 2 bridgehead atoms. The fraction of sp³-hybridized carbons (Fsp3) is 0.733. The zero-order valence-corrected chi connectivity index (χ0v) is 22.5. The number of nitrogens with one attached hydrogen (secondary N) is 1. The molecule has 2 aliphatic heterocycles. The summed E-state index contributed by atoms with van der Waals surface area (Å²) in [4.78, 5) is 20.0. The van der Waals surface area contributed by atoms with Gasteiger partial charge in [-0.15, -0.1) is 0 Å². The quantitative estimate of drug-likeness (QED) is 0.452. The second-order valence-electron chi connectivity index (χ2n) is 11.5. The Morgan fingerprint density at radius 2 is 1.67 bits per heavy atom. The second-order valence-corrected chi connectivity index (χ2v) is 11.5. The Kier molecular flexibility index (Phi) is 8.51. The molecular formula is C30H46N4O2. The molecule has 4 atom stereocenters. The highest BCUT2D eigenvalue weighted by Crippen LogP contribution is 2.46. The van der Waals surface area contributed by atoms with E-state index in [9.17, 15) is 4.79 Å². The van der Waals surface area contributed by atoms with Gasteiger partial charge in [0, 0.05) is 24.2 Å². The zero-order valence-electron chi connectivity index (χ0n) is 22.5. The van der Waals surface area contributed by atoms with E-state index in [2.05, 4.69) is 39.9 Å². The van der Waals surface area contributed by atoms with Crippen LogP contribution in [0.3, 0.4) is 0 Å². The number of anilines is 1. The summed E-state index contributed by atoms with van der Waals surface area (Å²) in [6.07, 6.45) is 17.7. The van der Waals surface area contributed by atoms with Crippen LogP contribution < -0.4 is 5.32 Å². The Labute approximate surface area is 217 Å². The number of carbonyl (C=O) groups excluding carboxylic acids is 1. The standard InChI is InChI=1S/C30H46N4O2/c1-3-36-29(35)21-31-30-32-26-15-11-12-16-27(26)34(30)25-19-24-18-17-22(2)28(20-25)33(24)23-13-9-7-5-4-6-8-10-14-23/h11-12,15-16,22-25,28H,3-10,13-14,17-21H2,1-2H3,(H,31,32). The van der Waals surface area contributed by atoms with Crippen LogP contribution in [0.1, 0.15) is 103 Å². The van der Waals surface area contributed by atoms with E-state index in [0.717, 1.165) is 23.4 Å². The van der Waals surface area contributed by atoms with Gasteiger partial charge in [-0.1, -0.05) is 64.0 Å². The molecule has 3 heterocycles. The van der Waals surface area contributed by atoms with Gasteiger partial charge >= 0.3 is 5.97 Å². The number of fused-ring (bicyclic) bond motifs is 3. The smallest absolute Gasteiger partial charge is 0.325 e. The Bertz CT molecular complexity index is 994. The number of esters is 1. The molecule has 1 N–H and O–H groups in total. The highest BCUT2D eigenvalue weighted by Gasteiger charge is 2.45. The van der Waals surface area contributed by atoms with Crippen LogP contribution >= 0.6 is 0 Å². The van der Waals surface area contributed by atoms with Crippen LogP contribution in [0, 0.1) is 5.92 Å². The first-order chi connectivity index (χ1) is 17.7. The van der Waals surface area contributed by atoms with E-state index in [0.29, 0.717) is 24.7 Å². The molecule has 0 spiro atoms. The minimum atomic E-state index is -0.229. The molecule has 0 amide bonds. The number of nitrogens with zero attached hydrogens (tertiary/aromatic N) is 3. The predicted molar refractivity (Wildman–Crippen MR) is 146 cm³/mol. The molecule has 6 heteroatoms. The van der Waals surface area contributed by atoms with Crippen molar-refractivity contribution in [1.29, 1.82) is 0 Å². The number of hydrogen-bond donors (Lipinski definition) is 1. The molecule has 198 valence electrons. The summed E-state index contributed by atoms with van der Waals surface area (Å²) < 4.78 is 7.58. The number of aromatic nitrogens is 2. The molecule has 2 aromatic rings. The summed E-state index contributed by atoms with van der Waals surface area (Å²) >= 11 is 0. The van der Waals surface area contributed by atoms with Gasteiger partial charge in [0.25, 0.3) is 0 Å². The Hall–Kier alpha value is -2.08. The van der Waals surface area contributed by atoms with Crippen LogP contribution in [0.2, 0.25) is 0 Å². The molecule has 1 aromatic carbocycles. The van der Waals surface area contributed by atoms with Crippen LogP contribution in [0.25, 0.3) is 11.0 Å². The molecule has 6 nitrogen and oxygen atoms in total. The Morgan fingerprint density at radius 1 is 0.944 bits per heavy atom. The van der Waals surface area contributed by atoms with Gasteiger partial charge in [0.2, 0.25) is 5.95 Å². The van der Waals surface area contributed by atoms with Crippen molar-refractivity contribution in [2.24, 2.45) is 5.92 Å². The van der Waals surface area contributed by atoms with Crippen LogP contribution in [0.4, 0.5) is 5.95 Å². The summed E-state index contributed by atoms with van der Waals surface area (Å²) in [6.45, 7) is 4.89. The molecule has 3 fully saturated rings. The van der Waals surface area contributed by atoms with Crippen molar-refractivity contribution in [3.8, 4) is 0 Å². The van der Waals surface area contributed by atoms with E-state index < -0.39 is 0 Å². The van der Waals surface area contributed by atoms with Gasteiger partial charge in [0.1, 0.15) is 6.54 Å². The van der Waals surface area contributed by atoms with Gasteiger partial charge in [-0.3, -0.25) is 9.69 Å². The van der Waals surface area contributed by atoms with E-state index >= 15 is 0 Å². The summed E-state index contributed by atoms with van der Waals surface area (Å²) in [5.74, 6) is 1.31. The third-order valence-electron chi connectivity index (χ3n) is 9.13. The average molecular weight is 495 g/mol.